The lowest BCUT2D eigenvalue weighted by atomic mass is 10.1. The van der Waals surface area contributed by atoms with Crippen molar-refractivity contribution < 1.29 is 18.7 Å². The van der Waals surface area contributed by atoms with Gasteiger partial charge >= 0.3 is 6.01 Å². The summed E-state index contributed by atoms with van der Waals surface area (Å²) in [4.78, 5) is 28.5. The number of oxazole rings is 1. The van der Waals surface area contributed by atoms with Crippen LogP contribution in [0.3, 0.4) is 0 Å². The smallest absolute Gasteiger partial charge is 0.302 e. The van der Waals surface area contributed by atoms with E-state index in [1.54, 1.807) is 42.5 Å². The van der Waals surface area contributed by atoms with Crippen LogP contribution in [0, 0.1) is 5.92 Å². The van der Waals surface area contributed by atoms with E-state index in [4.69, 9.17) is 9.15 Å². The number of amides is 2. The highest BCUT2D eigenvalue weighted by Gasteiger charge is 2.13. The minimum absolute atomic E-state index is 0.0561. The molecule has 0 aliphatic heterocycles. The van der Waals surface area contributed by atoms with Crippen LogP contribution in [0.15, 0.2) is 46.9 Å². The predicted octanol–water partition coefficient (Wildman–Crippen LogP) is 4.07. The molecule has 0 aliphatic carbocycles. The second kappa shape index (κ2) is 7.90. The molecule has 140 valence electrons. The van der Waals surface area contributed by atoms with E-state index < -0.39 is 0 Å². The predicted molar refractivity (Wildman–Crippen MR) is 103 cm³/mol. The first-order chi connectivity index (χ1) is 12.9. The maximum atomic E-state index is 12.4. The molecular weight excluding hydrogens is 346 g/mol. The summed E-state index contributed by atoms with van der Waals surface area (Å²) in [6.45, 7) is 3.97. The molecule has 1 heterocycles. The van der Waals surface area contributed by atoms with Gasteiger partial charge in [-0.05, 0) is 42.3 Å². The summed E-state index contributed by atoms with van der Waals surface area (Å²) in [6, 6.07) is 12.0. The van der Waals surface area contributed by atoms with Gasteiger partial charge in [0, 0.05) is 17.7 Å². The zero-order chi connectivity index (χ0) is 19.4. The second-order valence-electron chi connectivity index (χ2n) is 6.53. The number of anilines is 2. The molecule has 2 amide bonds. The van der Waals surface area contributed by atoms with Crippen LogP contribution >= 0.6 is 0 Å². The molecule has 7 nitrogen and oxygen atoms in total. The zero-order valence-electron chi connectivity index (χ0n) is 15.4. The van der Waals surface area contributed by atoms with Crippen molar-refractivity contribution in [3.8, 4) is 5.75 Å². The summed E-state index contributed by atoms with van der Waals surface area (Å²) >= 11 is 0. The number of aromatic nitrogens is 1. The molecule has 2 N–H and O–H groups in total. The third-order valence-electron chi connectivity index (χ3n) is 3.82. The van der Waals surface area contributed by atoms with Gasteiger partial charge in [-0.2, -0.15) is 4.98 Å². The summed E-state index contributed by atoms with van der Waals surface area (Å²) in [6.07, 6.45) is 0.443. The fourth-order valence-corrected chi connectivity index (χ4v) is 2.58. The number of methoxy groups -OCH3 is 1. The first kappa shape index (κ1) is 18.4. The van der Waals surface area contributed by atoms with Gasteiger partial charge in [0.1, 0.15) is 11.3 Å². The lowest BCUT2D eigenvalue weighted by Gasteiger charge is -2.06. The first-order valence-corrected chi connectivity index (χ1v) is 8.60. The lowest BCUT2D eigenvalue weighted by Crippen LogP contribution is -2.13. The minimum atomic E-state index is -0.356. The van der Waals surface area contributed by atoms with E-state index in [0.717, 1.165) is 0 Å². The van der Waals surface area contributed by atoms with Crippen LogP contribution in [0.25, 0.3) is 11.1 Å². The van der Waals surface area contributed by atoms with Gasteiger partial charge in [-0.3, -0.25) is 14.9 Å². The molecule has 3 aromatic rings. The summed E-state index contributed by atoms with van der Waals surface area (Å²) in [5.74, 6) is 0.450. The van der Waals surface area contributed by atoms with Crippen molar-refractivity contribution in [3.63, 3.8) is 0 Å². The monoisotopic (exact) mass is 367 g/mol. The quantitative estimate of drug-likeness (QED) is 0.685. The number of hydrogen-bond donors (Lipinski definition) is 2. The highest BCUT2D eigenvalue weighted by molar-refractivity contribution is 6.04. The number of fused-ring (bicyclic) bond motifs is 1. The van der Waals surface area contributed by atoms with Crippen LogP contribution in [-0.4, -0.2) is 23.9 Å². The largest absolute Gasteiger partial charge is 0.497 e. The topological polar surface area (TPSA) is 93.5 Å². The molecule has 0 bridgehead atoms. The number of benzene rings is 2. The van der Waals surface area contributed by atoms with Gasteiger partial charge in [-0.15, -0.1) is 0 Å². The highest BCUT2D eigenvalue weighted by atomic mass is 16.5. The van der Waals surface area contributed by atoms with E-state index in [2.05, 4.69) is 15.6 Å². The van der Waals surface area contributed by atoms with Gasteiger partial charge in [0.25, 0.3) is 5.91 Å². The molecular formula is C20H21N3O4. The van der Waals surface area contributed by atoms with Gasteiger partial charge < -0.3 is 14.5 Å². The Bertz CT molecular complexity index is 978. The zero-order valence-corrected chi connectivity index (χ0v) is 15.4. The Morgan fingerprint density at radius 1 is 1.15 bits per heavy atom. The summed E-state index contributed by atoms with van der Waals surface area (Å²) in [5, 5.41) is 5.46. The molecule has 7 heteroatoms. The van der Waals surface area contributed by atoms with Gasteiger partial charge in [0.2, 0.25) is 5.91 Å². The normalized spacial score (nSPS) is 10.8. The van der Waals surface area contributed by atoms with Crippen molar-refractivity contribution in [2.24, 2.45) is 5.92 Å². The Kier molecular flexibility index (Phi) is 5.40. The summed E-state index contributed by atoms with van der Waals surface area (Å²) in [7, 11) is 1.54. The van der Waals surface area contributed by atoms with Crippen LogP contribution < -0.4 is 15.4 Å². The Labute approximate surface area is 156 Å². The Hall–Kier alpha value is -3.35. The van der Waals surface area contributed by atoms with E-state index in [9.17, 15) is 9.59 Å². The SMILES string of the molecule is COc1cccc(C(=O)Nc2nc3cc(NC(=O)CC(C)C)ccc3o2)c1. The van der Waals surface area contributed by atoms with Gasteiger partial charge in [0.05, 0.1) is 7.11 Å². The van der Waals surface area contributed by atoms with E-state index in [-0.39, 0.29) is 23.7 Å². The van der Waals surface area contributed by atoms with Crippen molar-refractivity contribution in [2.45, 2.75) is 20.3 Å². The molecule has 0 aliphatic rings. The number of ether oxygens (including phenoxy) is 1. The maximum Gasteiger partial charge on any atom is 0.302 e. The van der Waals surface area contributed by atoms with E-state index in [1.807, 2.05) is 13.8 Å². The fraction of sp³-hybridized carbons (Fsp3) is 0.250. The Morgan fingerprint density at radius 3 is 2.70 bits per heavy atom. The lowest BCUT2D eigenvalue weighted by molar-refractivity contribution is -0.116. The molecule has 0 atom stereocenters. The van der Waals surface area contributed by atoms with Gasteiger partial charge in [0.15, 0.2) is 5.58 Å². The number of hydrogen-bond acceptors (Lipinski definition) is 5. The molecule has 0 fully saturated rings. The first-order valence-electron chi connectivity index (χ1n) is 8.60. The van der Waals surface area contributed by atoms with Crippen LogP contribution in [-0.2, 0) is 4.79 Å². The van der Waals surface area contributed by atoms with Crippen LogP contribution in [0.1, 0.15) is 30.6 Å². The molecule has 0 spiro atoms. The molecule has 3 rings (SSSR count). The van der Waals surface area contributed by atoms with Crippen molar-refractivity contribution >= 4 is 34.6 Å². The van der Waals surface area contributed by atoms with Gasteiger partial charge in [-0.25, -0.2) is 0 Å². The molecule has 0 saturated heterocycles. The number of nitrogens with one attached hydrogen (secondary N) is 2. The highest BCUT2D eigenvalue weighted by Crippen LogP contribution is 2.23. The third kappa shape index (κ3) is 4.63. The van der Waals surface area contributed by atoms with Crippen molar-refractivity contribution in [3.05, 3.63) is 48.0 Å². The van der Waals surface area contributed by atoms with E-state index in [1.165, 1.54) is 7.11 Å². The van der Waals surface area contributed by atoms with Crippen molar-refractivity contribution in [1.82, 2.24) is 4.98 Å². The Balaban J connectivity index is 1.74. The molecule has 2 aromatic carbocycles. The number of rotatable bonds is 6. The second-order valence-corrected chi connectivity index (χ2v) is 6.53. The average molecular weight is 367 g/mol. The van der Waals surface area contributed by atoms with Crippen LogP contribution in [0.2, 0.25) is 0 Å². The fourth-order valence-electron chi connectivity index (χ4n) is 2.58. The number of nitrogens with zero attached hydrogens (tertiary/aromatic N) is 1. The molecule has 27 heavy (non-hydrogen) atoms. The molecule has 0 radical (unpaired) electrons. The van der Waals surface area contributed by atoms with Gasteiger partial charge in [-0.1, -0.05) is 19.9 Å². The standard InChI is InChI=1S/C20H21N3O4/c1-12(2)9-18(24)21-14-7-8-17-16(11-14)22-20(27-17)23-19(25)13-5-4-6-15(10-13)26-3/h4-8,10-12H,9H2,1-3H3,(H,21,24)(H,22,23,25). The molecule has 1 aromatic heterocycles. The molecule has 0 unspecified atom stereocenters. The van der Waals surface area contributed by atoms with Crippen molar-refractivity contribution in [1.29, 1.82) is 0 Å². The van der Waals surface area contributed by atoms with Crippen LogP contribution in [0.4, 0.5) is 11.7 Å². The van der Waals surface area contributed by atoms with E-state index >= 15 is 0 Å². The average Bonchev–Trinajstić information content (AvgIpc) is 3.02. The Morgan fingerprint density at radius 2 is 1.96 bits per heavy atom. The summed E-state index contributed by atoms with van der Waals surface area (Å²) in [5.41, 5.74) is 2.11. The maximum absolute atomic E-state index is 12.4. The molecule has 0 saturated carbocycles. The van der Waals surface area contributed by atoms with E-state index in [0.29, 0.717) is 34.5 Å². The number of carbonyl (C=O) groups is 2. The number of carbonyl (C=O) groups excluding carboxylic acids is 2. The summed E-state index contributed by atoms with van der Waals surface area (Å²) < 4.78 is 10.7. The van der Waals surface area contributed by atoms with Crippen LogP contribution in [0.5, 0.6) is 5.75 Å². The van der Waals surface area contributed by atoms with Crippen molar-refractivity contribution in [2.75, 3.05) is 17.7 Å². The third-order valence-corrected chi connectivity index (χ3v) is 3.82. The minimum Gasteiger partial charge on any atom is -0.497 e.